The molecule has 1 aliphatic heterocycles. The molecular formula is C19H27N7O2S. The Balaban J connectivity index is 0.00000171. The molecule has 0 amide bonds. The molecule has 0 spiro atoms. The van der Waals surface area contributed by atoms with Crippen molar-refractivity contribution in [3.05, 3.63) is 41.7 Å². The van der Waals surface area contributed by atoms with Gasteiger partial charge in [-0.25, -0.2) is 15.0 Å². The second-order valence-corrected chi connectivity index (χ2v) is 9.37. The maximum atomic E-state index is 12.3. The van der Waals surface area contributed by atoms with Crippen LogP contribution in [0.25, 0.3) is 28.1 Å². The molecule has 0 bridgehead atoms. The number of nitrogens with two attached hydrogens (primary N) is 1. The fourth-order valence-corrected chi connectivity index (χ4v) is 4.33. The van der Waals surface area contributed by atoms with Gasteiger partial charge in [-0.15, -0.1) is 0 Å². The van der Waals surface area contributed by atoms with E-state index in [1.54, 1.807) is 6.20 Å². The van der Waals surface area contributed by atoms with Crippen molar-refractivity contribution >= 4 is 32.6 Å². The summed E-state index contributed by atoms with van der Waals surface area (Å²) < 4.78 is 27.2. The zero-order valence-corrected chi connectivity index (χ0v) is 17.4. The lowest BCUT2D eigenvalue weighted by Crippen LogP contribution is -2.42. The first-order valence-corrected chi connectivity index (χ1v) is 10.6. The van der Waals surface area contributed by atoms with E-state index in [-0.39, 0.29) is 8.67 Å². The van der Waals surface area contributed by atoms with E-state index in [1.165, 1.54) is 22.7 Å². The van der Waals surface area contributed by atoms with Gasteiger partial charge in [0.05, 0.1) is 22.9 Å². The summed E-state index contributed by atoms with van der Waals surface area (Å²) in [6.07, 6.45) is 4.04. The summed E-state index contributed by atoms with van der Waals surface area (Å²) in [6.45, 7) is 2.70. The Bertz CT molecular complexity index is 1230. The number of anilines is 1. The fourth-order valence-electron chi connectivity index (χ4n) is 3.29. The zero-order valence-electron chi connectivity index (χ0n) is 16.5. The van der Waals surface area contributed by atoms with Crippen molar-refractivity contribution in [1.29, 1.82) is 0 Å². The Hall–Kier alpha value is -2.82. The van der Waals surface area contributed by atoms with Crippen LogP contribution in [0.4, 0.5) is 5.82 Å². The molecule has 10 heteroatoms. The highest BCUT2D eigenvalue weighted by atomic mass is 32.2. The number of aryl methyl sites for hydroxylation is 1. The van der Waals surface area contributed by atoms with E-state index in [4.69, 9.17) is 5.73 Å². The minimum absolute atomic E-state index is 0. The second-order valence-electron chi connectivity index (χ2n) is 7.22. The number of nitrogens with zero attached hydrogens (tertiary/aromatic N) is 5. The molecule has 2 aromatic heterocycles. The lowest BCUT2D eigenvalue weighted by atomic mass is 10.1. The standard InChI is InChI=1S/C19H23N7O2S.2H2/c1-12-4-5-14-15(10-12)24-19(23-14)17-18(20)21-11-16(22-17)13-6-8-26(9-7-13)29(27,28)25(2)3;;/h4-6,10-11H,7-9H2,1-3H3,(H2,20,21)(H,23,24);2*1H. The SMILES string of the molecule is Cc1ccc2nc(-c3nc(C4=CCN(S(=O)(=O)N(C)C)CC4)cnc3N)[nH]c2c1.[HH].[HH]. The van der Waals surface area contributed by atoms with Gasteiger partial charge in [-0.2, -0.15) is 17.0 Å². The van der Waals surface area contributed by atoms with E-state index < -0.39 is 10.2 Å². The van der Waals surface area contributed by atoms with E-state index in [1.807, 2.05) is 31.2 Å². The molecule has 1 aromatic carbocycles. The van der Waals surface area contributed by atoms with Crippen molar-refractivity contribution in [3.63, 3.8) is 0 Å². The van der Waals surface area contributed by atoms with Gasteiger partial charge in [0.2, 0.25) is 0 Å². The van der Waals surface area contributed by atoms with Gasteiger partial charge in [0.25, 0.3) is 10.2 Å². The molecule has 0 aliphatic carbocycles. The van der Waals surface area contributed by atoms with E-state index in [0.717, 1.165) is 22.2 Å². The molecule has 29 heavy (non-hydrogen) atoms. The third-order valence-electron chi connectivity index (χ3n) is 4.95. The maximum Gasteiger partial charge on any atom is 0.281 e. The van der Waals surface area contributed by atoms with Crippen molar-refractivity contribution in [2.75, 3.05) is 32.9 Å². The number of fused-ring (bicyclic) bond motifs is 1. The molecule has 3 aromatic rings. The lowest BCUT2D eigenvalue weighted by Gasteiger charge is -2.28. The summed E-state index contributed by atoms with van der Waals surface area (Å²) >= 11 is 0. The highest BCUT2D eigenvalue weighted by Gasteiger charge is 2.27. The first-order chi connectivity index (χ1) is 13.8. The number of H-pyrrole nitrogens is 1. The predicted molar refractivity (Wildman–Crippen MR) is 117 cm³/mol. The number of imidazole rings is 1. The van der Waals surface area contributed by atoms with Gasteiger partial charge >= 0.3 is 0 Å². The Labute approximate surface area is 172 Å². The minimum atomic E-state index is -3.43. The monoisotopic (exact) mass is 417 g/mol. The quantitative estimate of drug-likeness (QED) is 0.672. The summed E-state index contributed by atoms with van der Waals surface area (Å²) in [5.74, 6) is 0.850. The van der Waals surface area contributed by atoms with Crippen molar-refractivity contribution in [2.45, 2.75) is 13.3 Å². The van der Waals surface area contributed by atoms with Gasteiger partial charge in [0.1, 0.15) is 5.69 Å². The Morgan fingerprint density at radius 2 is 2.07 bits per heavy atom. The fraction of sp³-hybridized carbons (Fsp3) is 0.316. The molecule has 0 unspecified atom stereocenters. The van der Waals surface area contributed by atoms with Crippen LogP contribution in [0.15, 0.2) is 30.5 Å². The summed E-state index contributed by atoms with van der Waals surface area (Å²) in [5, 5.41) is 0. The maximum absolute atomic E-state index is 12.3. The number of aromatic nitrogens is 4. The molecule has 1 aliphatic rings. The smallest absolute Gasteiger partial charge is 0.281 e. The topological polar surface area (TPSA) is 121 Å². The zero-order chi connectivity index (χ0) is 20.8. The van der Waals surface area contributed by atoms with Crippen LogP contribution in [0.5, 0.6) is 0 Å². The van der Waals surface area contributed by atoms with Crippen LogP contribution in [0, 0.1) is 6.92 Å². The number of hydrogen-bond acceptors (Lipinski definition) is 6. The molecule has 4 rings (SSSR count). The average Bonchev–Trinajstić information content (AvgIpc) is 3.11. The Kier molecular flexibility index (Phi) is 4.85. The molecule has 3 N–H and O–H groups in total. The van der Waals surface area contributed by atoms with Gasteiger partial charge < -0.3 is 10.7 Å². The molecule has 9 nitrogen and oxygen atoms in total. The number of nitrogens with one attached hydrogen (secondary N) is 1. The van der Waals surface area contributed by atoms with Crippen LogP contribution >= 0.6 is 0 Å². The van der Waals surface area contributed by atoms with Gasteiger partial charge in [0, 0.05) is 30.0 Å². The third-order valence-corrected chi connectivity index (χ3v) is 6.86. The van der Waals surface area contributed by atoms with Crippen LogP contribution in [-0.4, -0.2) is 64.1 Å². The highest BCUT2D eigenvalue weighted by molar-refractivity contribution is 7.86. The average molecular weight is 418 g/mol. The largest absolute Gasteiger partial charge is 0.382 e. The van der Waals surface area contributed by atoms with E-state index >= 15 is 0 Å². The van der Waals surface area contributed by atoms with Crippen LogP contribution in [0.2, 0.25) is 0 Å². The van der Waals surface area contributed by atoms with Gasteiger partial charge in [-0.1, -0.05) is 12.1 Å². The first-order valence-electron chi connectivity index (χ1n) is 9.22. The molecule has 0 atom stereocenters. The number of benzene rings is 1. The van der Waals surface area contributed by atoms with Crippen molar-refractivity contribution < 1.29 is 11.3 Å². The van der Waals surface area contributed by atoms with Gasteiger partial charge in [-0.05, 0) is 36.6 Å². The number of aromatic amines is 1. The van der Waals surface area contributed by atoms with E-state index in [0.29, 0.717) is 36.7 Å². The van der Waals surface area contributed by atoms with Crippen LogP contribution < -0.4 is 5.73 Å². The molecule has 0 saturated heterocycles. The van der Waals surface area contributed by atoms with Gasteiger partial charge in [0.15, 0.2) is 11.6 Å². The number of nitrogen functional groups attached to an aromatic ring is 1. The Morgan fingerprint density at radius 1 is 1.28 bits per heavy atom. The lowest BCUT2D eigenvalue weighted by molar-refractivity contribution is 0.396. The molecular weight excluding hydrogens is 390 g/mol. The van der Waals surface area contributed by atoms with E-state index in [2.05, 4.69) is 19.9 Å². The molecule has 0 saturated carbocycles. The highest BCUT2D eigenvalue weighted by Crippen LogP contribution is 2.27. The predicted octanol–water partition coefficient (Wildman–Crippen LogP) is 2.30. The third kappa shape index (κ3) is 3.61. The normalized spacial score (nSPS) is 15.8. The summed E-state index contributed by atoms with van der Waals surface area (Å²) in [6, 6.07) is 5.96. The second kappa shape index (κ2) is 7.21. The van der Waals surface area contributed by atoms with Crippen molar-refractivity contribution in [3.8, 4) is 11.5 Å². The summed E-state index contributed by atoms with van der Waals surface area (Å²) in [5.41, 5.74) is 11.0. The van der Waals surface area contributed by atoms with E-state index in [9.17, 15) is 8.42 Å². The van der Waals surface area contributed by atoms with Crippen molar-refractivity contribution in [2.24, 2.45) is 0 Å². The molecule has 0 fully saturated rings. The van der Waals surface area contributed by atoms with Crippen LogP contribution in [-0.2, 0) is 10.2 Å². The first kappa shape index (κ1) is 19.5. The Morgan fingerprint density at radius 3 is 2.76 bits per heavy atom. The van der Waals surface area contributed by atoms with Crippen molar-refractivity contribution in [1.82, 2.24) is 28.5 Å². The molecule has 156 valence electrons. The van der Waals surface area contributed by atoms with Gasteiger partial charge in [-0.3, -0.25) is 0 Å². The molecule has 0 radical (unpaired) electrons. The molecule has 3 heterocycles. The number of rotatable bonds is 4. The van der Waals surface area contributed by atoms with Crippen LogP contribution in [0.3, 0.4) is 0 Å². The number of hydrogen-bond donors (Lipinski definition) is 2. The van der Waals surface area contributed by atoms with Crippen LogP contribution in [0.1, 0.15) is 20.5 Å². The summed E-state index contributed by atoms with van der Waals surface area (Å²) in [7, 11) is -0.373. The minimum Gasteiger partial charge on any atom is -0.382 e. The summed E-state index contributed by atoms with van der Waals surface area (Å²) in [4.78, 5) is 16.8.